The quantitative estimate of drug-likeness (QED) is 0.272. The molecule has 8 nitrogen and oxygen atoms in total. The zero-order chi connectivity index (χ0) is 26.9. The van der Waals surface area contributed by atoms with E-state index in [1.165, 1.54) is 4.90 Å². The molecule has 4 atom stereocenters. The van der Waals surface area contributed by atoms with Crippen LogP contribution in [-0.2, 0) is 30.3 Å². The first-order valence-electron chi connectivity index (χ1n) is 12.3. The second-order valence-electron chi connectivity index (χ2n) is 9.72. The van der Waals surface area contributed by atoms with Gasteiger partial charge in [-0.15, -0.1) is 0 Å². The minimum Gasteiger partial charge on any atom is -0.614 e. The first-order chi connectivity index (χ1) is 18.3. The number of nitrogens with zero attached hydrogens (tertiary/aromatic N) is 1. The Balaban J connectivity index is 1.31. The van der Waals surface area contributed by atoms with E-state index in [2.05, 4.69) is 5.32 Å². The molecule has 2 fully saturated rings. The molecule has 38 heavy (non-hydrogen) atoms. The van der Waals surface area contributed by atoms with Gasteiger partial charge in [0.15, 0.2) is 29.5 Å². The molecule has 9 heteroatoms. The molecule has 0 unspecified atom stereocenters. The van der Waals surface area contributed by atoms with E-state index in [4.69, 9.17) is 9.47 Å². The monoisotopic (exact) mass is 532 g/mol. The summed E-state index contributed by atoms with van der Waals surface area (Å²) in [5.74, 6) is -1.11. The number of benzene rings is 3. The second-order valence-corrected chi connectivity index (χ2v) is 11.9. The summed E-state index contributed by atoms with van der Waals surface area (Å²) in [6, 6.07) is 25.4. The van der Waals surface area contributed by atoms with Crippen molar-refractivity contribution in [3.8, 4) is 5.75 Å². The SMILES string of the molecule is CC1(C)[C@H](C(=O)OC(c2ccccc2)c2ccccc2)N2C(=O)[C@@H](NC(=O)COc3ccccc3)[C@H]2[S@@+]1[O-]. The number of rotatable bonds is 8. The van der Waals surface area contributed by atoms with Crippen molar-refractivity contribution < 1.29 is 28.4 Å². The van der Waals surface area contributed by atoms with Crippen LogP contribution in [0.4, 0.5) is 0 Å². The van der Waals surface area contributed by atoms with Crippen LogP contribution < -0.4 is 10.1 Å². The fourth-order valence-electron chi connectivity index (χ4n) is 4.92. The maximum atomic E-state index is 13.6. The number of para-hydroxylation sites is 1. The molecule has 0 radical (unpaired) electrons. The van der Waals surface area contributed by atoms with Gasteiger partial charge in [0.05, 0.1) is 0 Å². The van der Waals surface area contributed by atoms with Gasteiger partial charge in [0, 0.05) is 0 Å². The molecule has 0 bridgehead atoms. The lowest BCUT2D eigenvalue weighted by atomic mass is 9.95. The van der Waals surface area contributed by atoms with Crippen LogP contribution in [0.5, 0.6) is 5.75 Å². The highest BCUT2D eigenvalue weighted by Gasteiger charge is 2.73. The molecule has 2 saturated heterocycles. The molecule has 5 rings (SSSR count). The summed E-state index contributed by atoms with van der Waals surface area (Å²) in [6.07, 6.45) is -0.699. The zero-order valence-electron chi connectivity index (χ0n) is 21.0. The predicted octanol–water partition coefficient (Wildman–Crippen LogP) is 2.96. The number of hydrogen-bond donors (Lipinski definition) is 1. The van der Waals surface area contributed by atoms with Gasteiger partial charge in [-0.3, -0.25) is 14.5 Å². The Labute approximate surface area is 224 Å². The molecule has 0 aromatic heterocycles. The van der Waals surface area contributed by atoms with Crippen LogP contribution in [0.3, 0.4) is 0 Å². The van der Waals surface area contributed by atoms with E-state index >= 15 is 0 Å². The van der Waals surface area contributed by atoms with Crippen LogP contribution in [0.25, 0.3) is 0 Å². The number of fused-ring (bicyclic) bond motifs is 1. The molecule has 3 aromatic rings. The van der Waals surface area contributed by atoms with E-state index in [9.17, 15) is 18.9 Å². The lowest BCUT2D eigenvalue weighted by Gasteiger charge is -2.41. The van der Waals surface area contributed by atoms with Gasteiger partial charge in [0.25, 0.3) is 11.8 Å². The number of hydrogen-bond acceptors (Lipinski definition) is 6. The van der Waals surface area contributed by atoms with Crippen molar-refractivity contribution in [1.82, 2.24) is 10.2 Å². The summed E-state index contributed by atoms with van der Waals surface area (Å²) >= 11 is -1.63. The largest absolute Gasteiger partial charge is 0.614 e. The van der Waals surface area contributed by atoms with Gasteiger partial charge in [-0.2, -0.15) is 0 Å². The van der Waals surface area contributed by atoms with E-state index in [-0.39, 0.29) is 6.61 Å². The lowest BCUT2D eigenvalue weighted by molar-refractivity contribution is -0.166. The van der Waals surface area contributed by atoms with Crippen molar-refractivity contribution in [1.29, 1.82) is 0 Å². The van der Waals surface area contributed by atoms with Crippen molar-refractivity contribution in [2.75, 3.05) is 6.61 Å². The Hall–Kier alpha value is -3.82. The number of nitrogens with one attached hydrogen (secondary N) is 1. The summed E-state index contributed by atoms with van der Waals surface area (Å²) in [7, 11) is 0. The number of β-lactam (4-membered cyclic amide) rings is 1. The van der Waals surface area contributed by atoms with Gasteiger partial charge in [-0.25, -0.2) is 4.79 Å². The van der Waals surface area contributed by atoms with Gasteiger partial charge in [-0.05, 0) is 48.3 Å². The van der Waals surface area contributed by atoms with Crippen molar-refractivity contribution >= 4 is 29.0 Å². The fourth-order valence-corrected chi connectivity index (χ4v) is 6.84. The average Bonchev–Trinajstić information content (AvgIpc) is 3.13. The molecule has 2 heterocycles. The Kier molecular flexibility index (Phi) is 7.14. The third-order valence-electron chi connectivity index (χ3n) is 6.85. The Morgan fingerprint density at radius 3 is 2.03 bits per heavy atom. The Bertz CT molecular complexity index is 1260. The summed E-state index contributed by atoms with van der Waals surface area (Å²) in [5.41, 5.74) is 1.55. The number of amides is 2. The first kappa shape index (κ1) is 25.8. The van der Waals surface area contributed by atoms with Crippen LogP contribution in [0, 0.1) is 0 Å². The van der Waals surface area contributed by atoms with Gasteiger partial charge >= 0.3 is 5.97 Å². The topological polar surface area (TPSA) is 108 Å². The highest BCUT2D eigenvalue weighted by Crippen LogP contribution is 2.47. The van der Waals surface area contributed by atoms with E-state index in [1.54, 1.807) is 38.1 Å². The first-order valence-corrected chi connectivity index (χ1v) is 13.5. The smallest absolute Gasteiger partial charge is 0.335 e. The number of ether oxygens (including phenoxy) is 2. The average molecular weight is 533 g/mol. The molecule has 0 saturated carbocycles. The van der Waals surface area contributed by atoms with Crippen molar-refractivity contribution in [2.24, 2.45) is 0 Å². The van der Waals surface area contributed by atoms with Crippen LogP contribution >= 0.6 is 0 Å². The molecule has 2 amide bonds. The summed E-state index contributed by atoms with van der Waals surface area (Å²) in [4.78, 5) is 40.6. The normalized spacial score (nSPS) is 23.4. The molecular weight excluding hydrogens is 504 g/mol. The van der Waals surface area contributed by atoms with Crippen molar-refractivity contribution in [3.63, 3.8) is 0 Å². The zero-order valence-corrected chi connectivity index (χ0v) is 21.8. The molecule has 3 aromatic carbocycles. The van der Waals surface area contributed by atoms with Gasteiger partial charge in [0.1, 0.15) is 5.75 Å². The molecule has 0 aliphatic carbocycles. The van der Waals surface area contributed by atoms with Crippen molar-refractivity contribution in [3.05, 3.63) is 102 Å². The molecule has 0 spiro atoms. The predicted molar refractivity (Wildman–Crippen MR) is 141 cm³/mol. The van der Waals surface area contributed by atoms with Gasteiger partial charge < -0.3 is 19.3 Å². The number of esters is 1. The summed E-state index contributed by atoms with van der Waals surface area (Å²) < 4.78 is 23.9. The highest BCUT2D eigenvalue weighted by atomic mass is 32.2. The van der Waals surface area contributed by atoms with E-state index in [1.807, 2.05) is 66.7 Å². The van der Waals surface area contributed by atoms with Crippen molar-refractivity contribution in [2.45, 2.75) is 42.2 Å². The van der Waals surface area contributed by atoms with Crippen LogP contribution in [0.1, 0.15) is 31.1 Å². The molecule has 1 N–H and O–H groups in total. The lowest BCUT2D eigenvalue weighted by Crippen LogP contribution is -2.72. The third kappa shape index (κ3) is 4.75. The van der Waals surface area contributed by atoms with E-state index in [0.29, 0.717) is 5.75 Å². The Morgan fingerprint density at radius 2 is 1.47 bits per heavy atom. The minimum absolute atomic E-state index is 0.294. The molecule has 196 valence electrons. The molecular formula is C29H28N2O6S. The maximum absolute atomic E-state index is 13.6. The van der Waals surface area contributed by atoms with Crippen LogP contribution in [0.2, 0.25) is 0 Å². The number of carbonyl (C=O) groups is 3. The summed E-state index contributed by atoms with van der Waals surface area (Å²) in [6.45, 7) is 3.06. The summed E-state index contributed by atoms with van der Waals surface area (Å²) in [5, 5.41) is 1.80. The highest BCUT2D eigenvalue weighted by molar-refractivity contribution is 7.94. The fraction of sp³-hybridized carbons (Fsp3) is 0.276. The maximum Gasteiger partial charge on any atom is 0.335 e. The Morgan fingerprint density at radius 1 is 0.947 bits per heavy atom. The van der Waals surface area contributed by atoms with Crippen LogP contribution in [-0.4, -0.2) is 56.0 Å². The minimum atomic E-state index is -1.63. The van der Waals surface area contributed by atoms with Gasteiger partial charge in [0.2, 0.25) is 5.37 Å². The molecule has 2 aliphatic rings. The van der Waals surface area contributed by atoms with E-state index in [0.717, 1.165) is 11.1 Å². The van der Waals surface area contributed by atoms with Crippen LogP contribution in [0.15, 0.2) is 91.0 Å². The number of carbonyl (C=O) groups excluding carboxylic acids is 3. The third-order valence-corrected chi connectivity index (χ3v) is 9.04. The molecule has 2 aliphatic heterocycles. The second kappa shape index (κ2) is 10.5. The standard InChI is InChI=1S/C29H28N2O6S/c1-29(2)25(28(34)37-24(19-12-6-3-7-13-19)20-14-8-4-9-15-20)31-26(33)23(27(31)38(29)35)30-22(32)18-36-21-16-10-5-11-17-21/h3-17,23-25,27H,18H2,1-2H3,(H,30,32)/t23-,25+,27-,38-/m1/s1. The van der Waals surface area contributed by atoms with Gasteiger partial charge in [-0.1, -0.05) is 78.9 Å². The van der Waals surface area contributed by atoms with E-state index < -0.39 is 57.3 Å².